The summed E-state index contributed by atoms with van der Waals surface area (Å²) in [5.74, 6) is -0.337. The second-order valence-electron chi connectivity index (χ2n) is 6.11. The number of nitrogens with two attached hydrogens (primary N) is 1. The van der Waals surface area contributed by atoms with Gasteiger partial charge in [0.25, 0.3) is 5.91 Å². The topological polar surface area (TPSA) is 94.5 Å². The van der Waals surface area contributed by atoms with Gasteiger partial charge in [-0.3, -0.25) is 4.79 Å². The number of anilines is 1. The molecule has 0 aliphatic carbocycles. The number of nitrogens with one attached hydrogen (secondary N) is 1. The molecule has 3 N–H and O–H groups in total. The molecule has 0 saturated carbocycles. The number of allylic oxidation sites excluding steroid dienone is 1. The van der Waals surface area contributed by atoms with Crippen LogP contribution < -0.4 is 11.1 Å². The number of carbonyl (C=O) groups excluding carboxylic acids is 1. The number of aryl methyl sites for hydroxylation is 1. The number of aliphatic imine (C=N–C) groups is 1. The minimum Gasteiger partial charge on any atom is -0.369 e. The number of benzene rings is 2. The highest BCUT2D eigenvalue weighted by molar-refractivity contribution is 6.31. The lowest BCUT2D eigenvalue weighted by Crippen LogP contribution is -2.39. The molecule has 0 bridgehead atoms. The molecule has 2 aromatic rings. The Balaban J connectivity index is 2.08. The van der Waals surface area contributed by atoms with E-state index in [0.29, 0.717) is 27.5 Å². The first-order chi connectivity index (χ1) is 12.9. The third-order valence-corrected chi connectivity index (χ3v) is 4.77. The van der Waals surface area contributed by atoms with E-state index < -0.39 is 6.04 Å². The normalized spacial score (nSPS) is 16.6. The lowest BCUT2D eigenvalue weighted by molar-refractivity contribution is -0.113. The van der Waals surface area contributed by atoms with Gasteiger partial charge in [-0.1, -0.05) is 48.0 Å². The number of nitriles is 1. The van der Waals surface area contributed by atoms with Gasteiger partial charge in [0.1, 0.15) is 6.04 Å². The van der Waals surface area contributed by atoms with Gasteiger partial charge in [-0.25, -0.2) is 9.89 Å². The molecule has 1 heterocycles. The molecule has 1 aliphatic heterocycles. The molecule has 1 amide bonds. The van der Waals surface area contributed by atoms with Gasteiger partial charge in [-0.2, -0.15) is 5.26 Å². The predicted molar refractivity (Wildman–Crippen MR) is 106 cm³/mol. The molecule has 136 valence electrons. The Kier molecular flexibility index (Phi) is 5.15. The quantitative estimate of drug-likeness (QED) is 0.794. The van der Waals surface area contributed by atoms with Gasteiger partial charge in [-0.15, -0.1) is 0 Å². The summed E-state index contributed by atoms with van der Waals surface area (Å²) in [5, 5.41) is 12.8. The number of para-hydroxylation sites is 1. The fourth-order valence-electron chi connectivity index (χ4n) is 2.98. The standard InChI is InChI=1S/C20H18ClN5O/c1-12-7-3-6-10-16(12)24-19(27)17-13(2)26(11-22)20(23)25-18(17)14-8-4-5-9-15(14)21/h3-10,18H,1-2H3,(H2,23,25)(H,24,27). The van der Waals surface area contributed by atoms with Crippen LogP contribution in [0.15, 0.2) is 64.8 Å². The van der Waals surface area contributed by atoms with Gasteiger partial charge in [0.05, 0.1) is 5.57 Å². The van der Waals surface area contributed by atoms with E-state index in [0.717, 1.165) is 10.5 Å². The number of rotatable bonds is 3. The predicted octanol–water partition coefficient (Wildman–Crippen LogP) is 3.71. The molecule has 0 aromatic heterocycles. The van der Waals surface area contributed by atoms with Crippen molar-refractivity contribution in [3.63, 3.8) is 0 Å². The summed E-state index contributed by atoms with van der Waals surface area (Å²) in [5.41, 5.74) is 8.94. The lowest BCUT2D eigenvalue weighted by atomic mass is 9.95. The van der Waals surface area contributed by atoms with Gasteiger partial charge in [-0.05, 0) is 31.5 Å². The van der Waals surface area contributed by atoms with Crippen LogP contribution in [0.4, 0.5) is 5.69 Å². The maximum atomic E-state index is 13.1. The first kappa shape index (κ1) is 18.5. The number of hydrogen-bond acceptors (Lipinski definition) is 5. The summed E-state index contributed by atoms with van der Waals surface area (Å²) >= 11 is 6.34. The SMILES string of the molecule is CC1=C(C(=O)Nc2ccccc2C)C(c2ccccc2Cl)N=C(N)N1C#N. The molecule has 1 unspecified atom stereocenters. The zero-order valence-electron chi connectivity index (χ0n) is 14.9. The van der Waals surface area contributed by atoms with E-state index in [2.05, 4.69) is 10.3 Å². The van der Waals surface area contributed by atoms with Gasteiger partial charge in [0.15, 0.2) is 6.19 Å². The zero-order chi connectivity index (χ0) is 19.6. The van der Waals surface area contributed by atoms with Crippen LogP contribution >= 0.6 is 11.6 Å². The van der Waals surface area contributed by atoms with Crippen LogP contribution in [0.1, 0.15) is 24.1 Å². The zero-order valence-corrected chi connectivity index (χ0v) is 15.7. The molecule has 1 atom stereocenters. The molecule has 3 rings (SSSR count). The van der Waals surface area contributed by atoms with Crippen LogP contribution in [-0.4, -0.2) is 16.8 Å². The number of amides is 1. The first-order valence-electron chi connectivity index (χ1n) is 8.29. The minimum absolute atomic E-state index is 0.0207. The minimum atomic E-state index is -0.702. The van der Waals surface area contributed by atoms with Crippen LogP contribution in [0.25, 0.3) is 0 Å². The van der Waals surface area contributed by atoms with Crippen molar-refractivity contribution in [2.45, 2.75) is 19.9 Å². The van der Waals surface area contributed by atoms with Crippen molar-refractivity contribution in [2.24, 2.45) is 10.7 Å². The molecule has 0 spiro atoms. The summed E-state index contributed by atoms with van der Waals surface area (Å²) < 4.78 is 0. The van der Waals surface area contributed by atoms with E-state index in [-0.39, 0.29) is 11.9 Å². The molecule has 6 nitrogen and oxygen atoms in total. The first-order valence-corrected chi connectivity index (χ1v) is 8.67. The third-order valence-electron chi connectivity index (χ3n) is 4.43. The highest BCUT2D eigenvalue weighted by Crippen LogP contribution is 2.37. The highest BCUT2D eigenvalue weighted by atomic mass is 35.5. The maximum Gasteiger partial charge on any atom is 0.255 e. The van der Waals surface area contributed by atoms with Crippen molar-refractivity contribution in [1.29, 1.82) is 5.26 Å². The van der Waals surface area contributed by atoms with Gasteiger partial charge in [0.2, 0.25) is 5.96 Å². The summed E-state index contributed by atoms with van der Waals surface area (Å²) in [6.07, 6.45) is 1.96. The monoisotopic (exact) mass is 379 g/mol. The fourth-order valence-corrected chi connectivity index (χ4v) is 3.22. The molecule has 1 aliphatic rings. The lowest BCUT2D eigenvalue weighted by Gasteiger charge is -2.29. The van der Waals surface area contributed by atoms with E-state index in [9.17, 15) is 10.1 Å². The summed E-state index contributed by atoms with van der Waals surface area (Å²) in [7, 11) is 0. The summed E-state index contributed by atoms with van der Waals surface area (Å²) in [6, 6.07) is 13.9. The number of nitrogens with zero attached hydrogens (tertiary/aromatic N) is 3. The average Bonchev–Trinajstić information content (AvgIpc) is 2.64. The van der Waals surface area contributed by atoms with E-state index in [1.165, 1.54) is 0 Å². The molecule has 0 saturated heterocycles. The van der Waals surface area contributed by atoms with Gasteiger partial charge >= 0.3 is 0 Å². The average molecular weight is 380 g/mol. The largest absolute Gasteiger partial charge is 0.369 e. The number of guanidine groups is 1. The Bertz CT molecular complexity index is 1010. The molecule has 27 heavy (non-hydrogen) atoms. The summed E-state index contributed by atoms with van der Waals surface area (Å²) in [6.45, 7) is 3.57. The second-order valence-corrected chi connectivity index (χ2v) is 6.52. The van der Waals surface area contributed by atoms with Crippen LogP contribution in [0.2, 0.25) is 5.02 Å². The van der Waals surface area contributed by atoms with Crippen molar-refractivity contribution in [1.82, 2.24) is 4.90 Å². The van der Waals surface area contributed by atoms with E-state index in [1.54, 1.807) is 25.1 Å². The number of carbonyl (C=O) groups is 1. The Hall–Kier alpha value is -3.30. The molecule has 0 radical (unpaired) electrons. The Morgan fingerprint density at radius 3 is 2.56 bits per heavy atom. The fraction of sp³-hybridized carbons (Fsp3) is 0.150. The smallest absolute Gasteiger partial charge is 0.255 e. The van der Waals surface area contributed by atoms with E-state index >= 15 is 0 Å². The second kappa shape index (κ2) is 7.52. The Morgan fingerprint density at radius 2 is 1.89 bits per heavy atom. The van der Waals surface area contributed by atoms with Crippen molar-refractivity contribution in [3.05, 3.63) is 76.0 Å². The molecule has 2 aromatic carbocycles. The molecular formula is C20H18ClN5O. The van der Waals surface area contributed by atoms with Crippen LogP contribution in [0, 0.1) is 18.4 Å². The van der Waals surface area contributed by atoms with E-state index in [4.69, 9.17) is 17.3 Å². The molecular weight excluding hydrogens is 362 g/mol. The Labute approximate surface area is 162 Å². The van der Waals surface area contributed by atoms with Crippen LogP contribution in [-0.2, 0) is 4.79 Å². The van der Waals surface area contributed by atoms with Gasteiger partial charge in [0, 0.05) is 22.0 Å². The maximum absolute atomic E-state index is 13.1. The number of halogens is 1. The molecule has 0 fully saturated rings. The third kappa shape index (κ3) is 3.50. The summed E-state index contributed by atoms with van der Waals surface area (Å²) in [4.78, 5) is 18.7. The van der Waals surface area contributed by atoms with Crippen molar-refractivity contribution in [3.8, 4) is 6.19 Å². The van der Waals surface area contributed by atoms with Crippen molar-refractivity contribution in [2.75, 3.05) is 5.32 Å². The van der Waals surface area contributed by atoms with Gasteiger partial charge < -0.3 is 11.1 Å². The van der Waals surface area contributed by atoms with E-state index in [1.807, 2.05) is 43.4 Å². The van der Waals surface area contributed by atoms with Crippen molar-refractivity contribution >= 4 is 29.2 Å². The van der Waals surface area contributed by atoms with Crippen LogP contribution in [0.5, 0.6) is 0 Å². The molecule has 7 heteroatoms. The number of hydrogen-bond donors (Lipinski definition) is 2. The van der Waals surface area contributed by atoms with Crippen LogP contribution in [0.3, 0.4) is 0 Å². The highest BCUT2D eigenvalue weighted by Gasteiger charge is 2.33. The van der Waals surface area contributed by atoms with Crippen molar-refractivity contribution < 1.29 is 4.79 Å². The Morgan fingerprint density at radius 1 is 1.22 bits per heavy atom.